The predicted molar refractivity (Wildman–Crippen MR) is 94.0 cm³/mol. The van der Waals surface area contributed by atoms with Gasteiger partial charge in [0.2, 0.25) is 0 Å². The maximum atomic E-state index is 14.2. The van der Waals surface area contributed by atoms with Crippen molar-refractivity contribution < 1.29 is 9.13 Å². The van der Waals surface area contributed by atoms with Gasteiger partial charge >= 0.3 is 0 Å². The van der Waals surface area contributed by atoms with E-state index in [4.69, 9.17) is 4.74 Å². The summed E-state index contributed by atoms with van der Waals surface area (Å²) in [5.74, 6) is -0.295. The van der Waals surface area contributed by atoms with Gasteiger partial charge in [-0.05, 0) is 63.6 Å². The largest absolute Gasteiger partial charge is 0.486 e. The van der Waals surface area contributed by atoms with E-state index in [1.54, 1.807) is 22.8 Å². The smallest absolute Gasteiger partial charge is 0.165 e. The highest BCUT2D eigenvalue weighted by atomic mass is 79.9. The highest BCUT2D eigenvalue weighted by molar-refractivity contribution is 9.10. The first-order chi connectivity index (χ1) is 12.6. The molecule has 1 atom stereocenters. The molecule has 26 heavy (non-hydrogen) atoms. The van der Waals surface area contributed by atoms with Crippen LogP contribution in [0.25, 0.3) is 16.9 Å². The second kappa shape index (κ2) is 6.79. The van der Waals surface area contributed by atoms with E-state index in [9.17, 15) is 4.39 Å². The summed E-state index contributed by atoms with van der Waals surface area (Å²) in [5.41, 5.74) is 2.13. The van der Waals surface area contributed by atoms with Crippen LogP contribution in [0.1, 0.15) is 6.92 Å². The number of ether oxygens (including phenoxy) is 1. The third-order valence-corrected chi connectivity index (χ3v) is 4.25. The van der Waals surface area contributed by atoms with Crippen molar-refractivity contribution in [2.24, 2.45) is 0 Å². The van der Waals surface area contributed by atoms with E-state index < -0.39 is 5.82 Å². The molecule has 0 spiro atoms. The number of nitrogens with zero attached hydrogens (tertiary/aromatic N) is 7. The molecular weight excluding hydrogens is 405 g/mol. The van der Waals surface area contributed by atoms with Crippen LogP contribution in [0.3, 0.4) is 0 Å². The molecule has 0 radical (unpaired) electrons. The van der Waals surface area contributed by atoms with Crippen molar-refractivity contribution in [3.63, 3.8) is 0 Å². The van der Waals surface area contributed by atoms with Crippen LogP contribution in [0.15, 0.2) is 47.5 Å². The molecule has 0 aliphatic heterocycles. The fourth-order valence-corrected chi connectivity index (χ4v) is 2.90. The van der Waals surface area contributed by atoms with Crippen LogP contribution < -0.4 is 4.74 Å². The Bertz CT molecular complexity index is 1050. The Hall–Kier alpha value is -2.88. The van der Waals surface area contributed by atoms with E-state index in [2.05, 4.69) is 41.5 Å². The lowest BCUT2D eigenvalue weighted by atomic mass is 10.1. The average Bonchev–Trinajstić information content (AvgIpc) is 3.27. The number of hydrogen-bond acceptors (Lipinski definition) is 6. The Morgan fingerprint density at radius 1 is 1.27 bits per heavy atom. The molecule has 10 heteroatoms. The van der Waals surface area contributed by atoms with Gasteiger partial charge in [-0.3, -0.25) is 0 Å². The third kappa shape index (κ3) is 3.27. The van der Waals surface area contributed by atoms with Crippen LogP contribution in [0.4, 0.5) is 4.39 Å². The molecule has 0 unspecified atom stereocenters. The van der Waals surface area contributed by atoms with Gasteiger partial charge in [0, 0.05) is 5.56 Å². The minimum Gasteiger partial charge on any atom is -0.486 e. The number of halogens is 2. The number of fused-ring (bicyclic) bond motifs is 1. The van der Waals surface area contributed by atoms with E-state index in [-0.39, 0.29) is 11.9 Å². The molecule has 4 aromatic rings. The molecule has 0 fully saturated rings. The summed E-state index contributed by atoms with van der Waals surface area (Å²) in [6.07, 6.45) is 2.84. The number of rotatable bonds is 5. The molecule has 0 N–H and O–H groups in total. The zero-order valence-corrected chi connectivity index (χ0v) is 15.2. The molecule has 132 valence electrons. The van der Waals surface area contributed by atoms with Gasteiger partial charge in [-0.25, -0.2) is 18.6 Å². The van der Waals surface area contributed by atoms with Gasteiger partial charge in [-0.2, -0.15) is 5.10 Å². The van der Waals surface area contributed by atoms with Gasteiger partial charge in [0.05, 0.1) is 18.4 Å². The molecule has 0 bridgehead atoms. The maximum absolute atomic E-state index is 14.2. The SMILES string of the molecule is C[C@@H](Cn1cnnn1)Oc1cc(-c2ccc3ncc(Br)n3n2)ccc1F. The molecule has 4 rings (SSSR count). The molecule has 0 aliphatic carbocycles. The number of imidazole rings is 1. The molecule has 0 amide bonds. The summed E-state index contributed by atoms with van der Waals surface area (Å²) in [6, 6.07) is 8.33. The quantitative estimate of drug-likeness (QED) is 0.496. The lowest BCUT2D eigenvalue weighted by Gasteiger charge is -2.15. The highest BCUT2D eigenvalue weighted by Gasteiger charge is 2.13. The van der Waals surface area contributed by atoms with Crippen molar-refractivity contribution in [2.75, 3.05) is 0 Å². The summed E-state index contributed by atoms with van der Waals surface area (Å²) >= 11 is 3.40. The van der Waals surface area contributed by atoms with E-state index >= 15 is 0 Å². The van der Waals surface area contributed by atoms with Crippen LogP contribution >= 0.6 is 15.9 Å². The monoisotopic (exact) mass is 417 g/mol. The summed E-state index contributed by atoms with van der Waals surface area (Å²) < 4.78 is 23.8. The number of hydrogen-bond donors (Lipinski definition) is 0. The van der Waals surface area contributed by atoms with Gasteiger partial charge in [0.1, 0.15) is 17.0 Å². The van der Waals surface area contributed by atoms with Crippen LogP contribution in [0.2, 0.25) is 0 Å². The van der Waals surface area contributed by atoms with Gasteiger partial charge in [0.15, 0.2) is 17.2 Å². The first kappa shape index (κ1) is 16.6. The van der Waals surface area contributed by atoms with Crippen molar-refractivity contribution in [3.05, 3.63) is 53.3 Å². The molecular formula is C16H13BrFN7O. The molecule has 0 saturated carbocycles. The Morgan fingerprint density at radius 3 is 2.96 bits per heavy atom. The number of tetrazole rings is 1. The zero-order valence-electron chi connectivity index (χ0n) is 13.6. The average molecular weight is 418 g/mol. The zero-order chi connectivity index (χ0) is 18.1. The summed E-state index contributed by atoms with van der Waals surface area (Å²) in [7, 11) is 0. The van der Waals surface area contributed by atoms with Gasteiger partial charge in [0.25, 0.3) is 0 Å². The van der Waals surface area contributed by atoms with Crippen LogP contribution in [0.5, 0.6) is 5.75 Å². The Balaban J connectivity index is 1.61. The molecule has 3 heterocycles. The Labute approximate surface area is 155 Å². The Kier molecular flexibility index (Phi) is 4.33. The fraction of sp³-hybridized carbons (Fsp3) is 0.188. The van der Waals surface area contributed by atoms with Crippen molar-refractivity contribution in [3.8, 4) is 17.0 Å². The van der Waals surface area contributed by atoms with Crippen molar-refractivity contribution in [1.82, 2.24) is 34.8 Å². The van der Waals surface area contributed by atoms with Crippen molar-refractivity contribution >= 4 is 21.6 Å². The third-order valence-electron chi connectivity index (χ3n) is 3.71. The van der Waals surface area contributed by atoms with Crippen LogP contribution in [0, 0.1) is 5.82 Å². The topological polar surface area (TPSA) is 83.0 Å². The Morgan fingerprint density at radius 2 is 2.15 bits per heavy atom. The van der Waals surface area contributed by atoms with E-state index in [0.29, 0.717) is 17.9 Å². The maximum Gasteiger partial charge on any atom is 0.165 e. The summed E-state index contributed by atoms with van der Waals surface area (Å²) in [5, 5.41) is 15.4. The normalized spacial score (nSPS) is 12.4. The molecule has 1 aromatic carbocycles. The second-order valence-corrected chi connectivity index (χ2v) is 6.49. The molecule has 8 nitrogen and oxygen atoms in total. The predicted octanol–water partition coefficient (Wildman–Crippen LogP) is 2.75. The molecule has 0 saturated heterocycles. The molecule has 3 aromatic heterocycles. The first-order valence-electron chi connectivity index (χ1n) is 7.78. The number of benzene rings is 1. The van der Waals surface area contributed by atoms with E-state index in [0.717, 1.165) is 10.2 Å². The van der Waals surface area contributed by atoms with Crippen molar-refractivity contribution in [2.45, 2.75) is 19.6 Å². The minimum absolute atomic E-state index is 0.148. The van der Waals surface area contributed by atoms with Crippen LogP contribution in [-0.4, -0.2) is 40.9 Å². The number of aromatic nitrogens is 7. The first-order valence-corrected chi connectivity index (χ1v) is 8.57. The summed E-state index contributed by atoms with van der Waals surface area (Å²) in [4.78, 5) is 4.21. The summed E-state index contributed by atoms with van der Waals surface area (Å²) in [6.45, 7) is 2.23. The second-order valence-electron chi connectivity index (χ2n) is 5.68. The lowest BCUT2D eigenvalue weighted by Crippen LogP contribution is -2.20. The minimum atomic E-state index is -0.442. The fourth-order valence-electron chi connectivity index (χ4n) is 2.53. The van der Waals surface area contributed by atoms with Gasteiger partial charge < -0.3 is 4.74 Å². The van der Waals surface area contributed by atoms with E-state index in [1.807, 2.05) is 19.1 Å². The lowest BCUT2D eigenvalue weighted by molar-refractivity contribution is 0.185. The standard InChI is InChI=1S/C16H13BrFN7O/c1-10(8-24-9-20-22-23-24)26-14-6-11(2-3-12(14)18)13-4-5-16-19-7-15(17)25(16)21-13/h2-7,9-10H,8H2,1H3/t10-/m0/s1. The van der Waals surface area contributed by atoms with Gasteiger partial charge in [-0.15, -0.1) is 5.10 Å². The van der Waals surface area contributed by atoms with E-state index in [1.165, 1.54) is 17.1 Å². The van der Waals surface area contributed by atoms with Crippen molar-refractivity contribution in [1.29, 1.82) is 0 Å². The molecule has 0 aliphatic rings. The van der Waals surface area contributed by atoms with Gasteiger partial charge in [-0.1, -0.05) is 0 Å². The van der Waals surface area contributed by atoms with Crippen LogP contribution in [-0.2, 0) is 6.54 Å². The highest BCUT2D eigenvalue weighted by Crippen LogP contribution is 2.27.